The molecule has 0 aliphatic carbocycles. The van der Waals surface area contributed by atoms with Crippen LogP contribution in [0.3, 0.4) is 0 Å². The third-order valence-corrected chi connectivity index (χ3v) is 2.91. The lowest BCUT2D eigenvalue weighted by molar-refractivity contribution is -0.131. The highest BCUT2D eigenvalue weighted by molar-refractivity contribution is 5.76. The van der Waals surface area contributed by atoms with Crippen LogP contribution in [-0.4, -0.2) is 23.9 Å². The van der Waals surface area contributed by atoms with Gasteiger partial charge in [0.25, 0.3) is 0 Å². The van der Waals surface area contributed by atoms with Crippen LogP contribution in [0.25, 0.3) is 0 Å². The number of hydrogen-bond donors (Lipinski definition) is 0. The molecule has 16 heavy (non-hydrogen) atoms. The molecule has 0 saturated carbocycles. The average Bonchev–Trinajstić information content (AvgIpc) is 2.29. The Balaban J connectivity index is 3.88. The number of rotatable bonds is 10. The van der Waals surface area contributed by atoms with Gasteiger partial charge in [-0.05, 0) is 19.3 Å². The van der Waals surface area contributed by atoms with Gasteiger partial charge in [0.2, 0.25) is 5.91 Å². The molecule has 0 aromatic heterocycles. The highest BCUT2D eigenvalue weighted by Gasteiger charge is 2.11. The van der Waals surface area contributed by atoms with Gasteiger partial charge in [0.05, 0.1) is 0 Å². The second kappa shape index (κ2) is 11.0. The molecule has 96 valence electrons. The molecule has 0 heterocycles. The Kier molecular flexibility index (Phi) is 10.6. The molecule has 0 saturated heterocycles. The summed E-state index contributed by atoms with van der Waals surface area (Å²) in [6.07, 6.45) is 8.81. The number of carbonyl (C=O) groups excluding carboxylic acids is 1. The zero-order valence-corrected chi connectivity index (χ0v) is 11.4. The van der Waals surface area contributed by atoms with Gasteiger partial charge >= 0.3 is 0 Å². The Bertz CT molecular complexity index is 160. The Morgan fingerprint density at radius 1 is 0.812 bits per heavy atom. The zero-order chi connectivity index (χ0) is 12.2. The minimum atomic E-state index is 0.371. The summed E-state index contributed by atoms with van der Waals surface area (Å²) in [5.74, 6) is 0.371. The van der Waals surface area contributed by atoms with E-state index in [1.54, 1.807) is 0 Å². The van der Waals surface area contributed by atoms with Crippen LogP contribution in [0.4, 0.5) is 0 Å². The van der Waals surface area contributed by atoms with Gasteiger partial charge in [0, 0.05) is 19.5 Å². The van der Waals surface area contributed by atoms with Crippen LogP contribution in [0, 0.1) is 0 Å². The van der Waals surface area contributed by atoms with E-state index in [2.05, 4.69) is 25.7 Å². The molecule has 0 rings (SSSR count). The monoisotopic (exact) mass is 227 g/mol. The predicted molar refractivity (Wildman–Crippen MR) is 70.5 cm³/mol. The fourth-order valence-electron chi connectivity index (χ4n) is 1.74. The van der Waals surface area contributed by atoms with Crippen LogP contribution >= 0.6 is 0 Å². The van der Waals surface area contributed by atoms with E-state index in [-0.39, 0.29) is 0 Å². The lowest BCUT2D eigenvalue weighted by Crippen LogP contribution is -2.32. The molecule has 0 bridgehead atoms. The smallest absolute Gasteiger partial charge is 0.222 e. The number of carbonyl (C=O) groups is 1. The summed E-state index contributed by atoms with van der Waals surface area (Å²) in [4.78, 5) is 14.0. The summed E-state index contributed by atoms with van der Waals surface area (Å²) in [5.41, 5.74) is 0. The maximum atomic E-state index is 12.0. The van der Waals surface area contributed by atoms with Crippen LogP contribution < -0.4 is 0 Å². The lowest BCUT2D eigenvalue weighted by Gasteiger charge is -2.22. The summed E-state index contributed by atoms with van der Waals surface area (Å²) < 4.78 is 0. The highest BCUT2D eigenvalue weighted by Crippen LogP contribution is 2.06. The van der Waals surface area contributed by atoms with Gasteiger partial charge in [-0.2, -0.15) is 0 Å². The quantitative estimate of drug-likeness (QED) is 0.517. The predicted octanol–water partition coefficient (Wildman–Crippen LogP) is 4.00. The van der Waals surface area contributed by atoms with Crippen molar-refractivity contribution in [2.45, 2.75) is 72.1 Å². The van der Waals surface area contributed by atoms with E-state index in [4.69, 9.17) is 0 Å². The maximum Gasteiger partial charge on any atom is 0.222 e. The van der Waals surface area contributed by atoms with Crippen molar-refractivity contribution in [3.8, 4) is 0 Å². The first-order valence-corrected chi connectivity index (χ1v) is 7.04. The van der Waals surface area contributed by atoms with Crippen molar-refractivity contribution < 1.29 is 4.79 Å². The first kappa shape index (κ1) is 15.5. The summed E-state index contributed by atoms with van der Waals surface area (Å²) >= 11 is 0. The molecular formula is C14H29NO. The van der Waals surface area contributed by atoms with E-state index in [1.807, 2.05) is 0 Å². The van der Waals surface area contributed by atoms with Crippen LogP contribution in [-0.2, 0) is 4.79 Å². The topological polar surface area (TPSA) is 20.3 Å². The van der Waals surface area contributed by atoms with Crippen molar-refractivity contribution >= 4 is 5.91 Å². The Morgan fingerprint density at radius 2 is 1.31 bits per heavy atom. The molecule has 1 amide bonds. The Labute approximate surface area is 101 Å². The summed E-state index contributed by atoms with van der Waals surface area (Å²) in [5, 5.41) is 0. The summed E-state index contributed by atoms with van der Waals surface area (Å²) in [6.45, 7) is 8.46. The van der Waals surface area contributed by atoms with Crippen molar-refractivity contribution in [3.63, 3.8) is 0 Å². The first-order chi connectivity index (χ1) is 7.76. The van der Waals surface area contributed by atoms with Gasteiger partial charge in [-0.3, -0.25) is 4.79 Å². The molecule has 0 spiro atoms. The van der Waals surface area contributed by atoms with Crippen LogP contribution in [0.2, 0.25) is 0 Å². The number of amides is 1. The molecule has 0 unspecified atom stereocenters. The van der Waals surface area contributed by atoms with Crippen molar-refractivity contribution in [2.75, 3.05) is 13.1 Å². The minimum absolute atomic E-state index is 0.371. The van der Waals surface area contributed by atoms with E-state index in [0.717, 1.165) is 38.8 Å². The molecule has 0 aromatic carbocycles. The molecule has 0 N–H and O–H groups in total. The van der Waals surface area contributed by atoms with E-state index in [9.17, 15) is 4.79 Å². The molecule has 2 heteroatoms. The van der Waals surface area contributed by atoms with Crippen molar-refractivity contribution in [3.05, 3.63) is 0 Å². The third-order valence-electron chi connectivity index (χ3n) is 2.91. The van der Waals surface area contributed by atoms with Gasteiger partial charge in [0.15, 0.2) is 0 Å². The van der Waals surface area contributed by atoms with Gasteiger partial charge in [-0.1, -0.05) is 46.5 Å². The summed E-state index contributed by atoms with van der Waals surface area (Å²) in [6, 6.07) is 0. The van der Waals surface area contributed by atoms with Crippen LogP contribution in [0.5, 0.6) is 0 Å². The van der Waals surface area contributed by atoms with E-state index in [0.29, 0.717) is 5.91 Å². The Hall–Kier alpha value is -0.530. The van der Waals surface area contributed by atoms with Crippen LogP contribution in [0.15, 0.2) is 0 Å². The van der Waals surface area contributed by atoms with Gasteiger partial charge in [-0.15, -0.1) is 0 Å². The minimum Gasteiger partial charge on any atom is -0.343 e. The normalized spacial score (nSPS) is 10.4. The largest absolute Gasteiger partial charge is 0.343 e. The molecule has 0 fully saturated rings. The van der Waals surface area contributed by atoms with Gasteiger partial charge in [0.1, 0.15) is 0 Å². The standard InChI is InChI=1S/C14H29NO/c1-4-7-10-11-14(16)15(12-8-5-2)13-9-6-3/h4-13H2,1-3H3. The van der Waals surface area contributed by atoms with Crippen LogP contribution in [0.1, 0.15) is 72.1 Å². The second-order valence-corrected chi connectivity index (χ2v) is 4.55. The maximum absolute atomic E-state index is 12.0. The Morgan fingerprint density at radius 3 is 1.75 bits per heavy atom. The van der Waals surface area contributed by atoms with Gasteiger partial charge in [-0.25, -0.2) is 0 Å². The molecular weight excluding hydrogens is 198 g/mol. The fraction of sp³-hybridized carbons (Fsp3) is 0.929. The number of hydrogen-bond acceptors (Lipinski definition) is 1. The highest BCUT2D eigenvalue weighted by atomic mass is 16.2. The van der Waals surface area contributed by atoms with E-state index in [1.165, 1.54) is 25.7 Å². The van der Waals surface area contributed by atoms with Crippen molar-refractivity contribution in [1.82, 2.24) is 4.90 Å². The second-order valence-electron chi connectivity index (χ2n) is 4.55. The molecule has 0 radical (unpaired) electrons. The zero-order valence-electron chi connectivity index (χ0n) is 11.4. The molecule has 2 nitrogen and oxygen atoms in total. The number of nitrogens with zero attached hydrogens (tertiary/aromatic N) is 1. The molecule has 0 aliphatic rings. The van der Waals surface area contributed by atoms with Crippen molar-refractivity contribution in [2.24, 2.45) is 0 Å². The average molecular weight is 227 g/mol. The number of unbranched alkanes of at least 4 members (excludes halogenated alkanes) is 4. The third kappa shape index (κ3) is 7.72. The first-order valence-electron chi connectivity index (χ1n) is 7.04. The summed E-state index contributed by atoms with van der Waals surface area (Å²) in [7, 11) is 0. The SMILES string of the molecule is CCCCCC(=O)N(CCCC)CCCC. The van der Waals surface area contributed by atoms with E-state index >= 15 is 0 Å². The van der Waals surface area contributed by atoms with Gasteiger partial charge < -0.3 is 4.90 Å². The van der Waals surface area contributed by atoms with E-state index < -0.39 is 0 Å². The molecule has 0 aromatic rings. The molecule has 0 atom stereocenters. The fourth-order valence-corrected chi connectivity index (χ4v) is 1.74. The van der Waals surface area contributed by atoms with Crippen molar-refractivity contribution in [1.29, 1.82) is 0 Å². The molecule has 0 aliphatic heterocycles. The lowest BCUT2D eigenvalue weighted by atomic mass is 10.1.